The Morgan fingerprint density at radius 2 is 2.27 bits per heavy atom. The van der Waals surface area contributed by atoms with Gasteiger partial charge in [-0.2, -0.15) is 0 Å². The number of hydrogen-bond acceptors (Lipinski definition) is 3. The van der Waals surface area contributed by atoms with Crippen molar-refractivity contribution in [2.45, 2.75) is 19.8 Å². The summed E-state index contributed by atoms with van der Waals surface area (Å²) in [6.07, 6.45) is 1.70. The number of carboxylic acids is 1. The molecule has 5 heteroatoms. The molecule has 0 radical (unpaired) electrons. The fourth-order valence-electron chi connectivity index (χ4n) is 1.85. The van der Waals surface area contributed by atoms with Gasteiger partial charge in [-0.1, -0.05) is 0 Å². The van der Waals surface area contributed by atoms with Crippen LogP contribution in [-0.4, -0.2) is 48.1 Å². The summed E-state index contributed by atoms with van der Waals surface area (Å²) in [6, 6.07) is 0. The zero-order chi connectivity index (χ0) is 11.3. The van der Waals surface area contributed by atoms with E-state index in [2.05, 4.69) is 10.2 Å². The fraction of sp³-hybridized carbons (Fsp3) is 0.800. The lowest BCUT2D eigenvalue weighted by molar-refractivity contribution is -0.143. The summed E-state index contributed by atoms with van der Waals surface area (Å²) in [6.45, 7) is 4.36. The molecule has 1 fully saturated rings. The molecule has 1 amide bonds. The van der Waals surface area contributed by atoms with Crippen LogP contribution in [-0.2, 0) is 9.59 Å². The van der Waals surface area contributed by atoms with Crippen LogP contribution in [0.25, 0.3) is 0 Å². The normalized spacial score (nSPS) is 22.3. The first-order valence-electron chi connectivity index (χ1n) is 5.29. The Hall–Kier alpha value is -1.10. The highest BCUT2D eigenvalue weighted by molar-refractivity contribution is 5.72. The summed E-state index contributed by atoms with van der Waals surface area (Å²) in [4.78, 5) is 23.5. The Morgan fingerprint density at radius 3 is 2.87 bits per heavy atom. The Kier molecular flexibility index (Phi) is 4.55. The van der Waals surface area contributed by atoms with Crippen molar-refractivity contribution < 1.29 is 14.7 Å². The van der Waals surface area contributed by atoms with Crippen molar-refractivity contribution in [1.82, 2.24) is 10.2 Å². The molecule has 5 nitrogen and oxygen atoms in total. The first-order chi connectivity index (χ1) is 7.09. The molecule has 0 aromatic rings. The van der Waals surface area contributed by atoms with E-state index < -0.39 is 5.97 Å². The number of likely N-dealkylation sites (tertiary alicyclic amines) is 1. The van der Waals surface area contributed by atoms with Crippen molar-refractivity contribution in [3.8, 4) is 0 Å². The van der Waals surface area contributed by atoms with E-state index in [0.29, 0.717) is 13.1 Å². The maximum Gasteiger partial charge on any atom is 0.307 e. The van der Waals surface area contributed by atoms with Crippen molar-refractivity contribution in [1.29, 1.82) is 0 Å². The summed E-state index contributed by atoms with van der Waals surface area (Å²) in [5, 5.41) is 11.6. The highest BCUT2D eigenvalue weighted by Crippen LogP contribution is 2.15. The monoisotopic (exact) mass is 214 g/mol. The average Bonchev–Trinajstić information content (AvgIpc) is 2.17. The summed E-state index contributed by atoms with van der Waals surface area (Å²) in [5.41, 5.74) is 0. The van der Waals surface area contributed by atoms with Crippen molar-refractivity contribution >= 4 is 11.9 Å². The molecule has 2 N–H and O–H groups in total. The molecule has 0 saturated carbocycles. The van der Waals surface area contributed by atoms with Crippen LogP contribution in [0.5, 0.6) is 0 Å². The van der Waals surface area contributed by atoms with Crippen LogP contribution in [0.3, 0.4) is 0 Å². The zero-order valence-electron chi connectivity index (χ0n) is 9.03. The minimum absolute atomic E-state index is 0.0400. The zero-order valence-corrected chi connectivity index (χ0v) is 9.03. The number of rotatable bonds is 4. The van der Waals surface area contributed by atoms with Gasteiger partial charge in [-0.05, 0) is 19.4 Å². The van der Waals surface area contributed by atoms with E-state index in [1.54, 1.807) is 0 Å². The third kappa shape index (κ3) is 4.29. The predicted molar refractivity (Wildman–Crippen MR) is 55.5 cm³/mol. The number of hydrogen-bond donors (Lipinski definition) is 2. The van der Waals surface area contributed by atoms with Gasteiger partial charge in [0.1, 0.15) is 0 Å². The third-order valence-corrected chi connectivity index (χ3v) is 2.66. The molecule has 1 atom stereocenters. The smallest absolute Gasteiger partial charge is 0.307 e. The number of carbonyl (C=O) groups excluding carboxylic acids is 1. The van der Waals surface area contributed by atoms with E-state index in [4.69, 9.17) is 5.11 Å². The van der Waals surface area contributed by atoms with Gasteiger partial charge in [0.25, 0.3) is 0 Å². The lowest BCUT2D eigenvalue weighted by atomic mass is 9.98. The number of carbonyl (C=O) groups is 2. The predicted octanol–water partition coefficient (Wildman–Crippen LogP) is -0.0809. The summed E-state index contributed by atoms with van der Waals surface area (Å²) in [7, 11) is 0. The SMILES string of the molecule is CC(=O)NCCN1CCCC(C(=O)O)C1. The second-order valence-corrected chi connectivity index (χ2v) is 3.96. The molecule has 1 rings (SSSR count). The van der Waals surface area contributed by atoms with Crippen molar-refractivity contribution in [2.75, 3.05) is 26.2 Å². The van der Waals surface area contributed by atoms with Crippen LogP contribution in [0.1, 0.15) is 19.8 Å². The van der Waals surface area contributed by atoms with Gasteiger partial charge < -0.3 is 15.3 Å². The molecule has 0 aromatic heterocycles. The number of nitrogens with zero attached hydrogens (tertiary/aromatic N) is 1. The third-order valence-electron chi connectivity index (χ3n) is 2.66. The number of piperidine rings is 1. The number of carboxylic acid groups (broad SMARTS) is 1. The molecular weight excluding hydrogens is 196 g/mol. The van der Waals surface area contributed by atoms with E-state index >= 15 is 0 Å². The fourth-order valence-corrected chi connectivity index (χ4v) is 1.85. The highest BCUT2D eigenvalue weighted by Gasteiger charge is 2.24. The van der Waals surface area contributed by atoms with Gasteiger partial charge in [0.15, 0.2) is 0 Å². The molecule has 86 valence electrons. The molecule has 1 saturated heterocycles. The second-order valence-electron chi connectivity index (χ2n) is 3.96. The summed E-state index contributed by atoms with van der Waals surface area (Å²) < 4.78 is 0. The lowest BCUT2D eigenvalue weighted by Gasteiger charge is -2.30. The Labute approximate surface area is 89.4 Å². The van der Waals surface area contributed by atoms with Crippen LogP contribution in [0.4, 0.5) is 0 Å². The van der Waals surface area contributed by atoms with Gasteiger partial charge in [0.05, 0.1) is 5.92 Å². The molecule has 0 bridgehead atoms. The summed E-state index contributed by atoms with van der Waals surface area (Å²) in [5.74, 6) is -0.989. The summed E-state index contributed by atoms with van der Waals surface area (Å²) >= 11 is 0. The average molecular weight is 214 g/mol. The van der Waals surface area contributed by atoms with E-state index in [9.17, 15) is 9.59 Å². The molecule has 1 heterocycles. The second kappa shape index (κ2) is 5.70. The largest absolute Gasteiger partial charge is 0.481 e. The Balaban J connectivity index is 2.24. The first-order valence-corrected chi connectivity index (χ1v) is 5.29. The van der Waals surface area contributed by atoms with E-state index in [0.717, 1.165) is 25.9 Å². The van der Waals surface area contributed by atoms with Gasteiger partial charge >= 0.3 is 5.97 Å². The van der Waals surface area contributed by atoms with E-state index in [1.165, 1.54) is 6.92 Å². The molecule has 1 unspecified atom stereocenters. The van der Waals surface area contributed by atoms with Crippen molar-refractivity contribution in [2.24, 2.45) is 5.92 Å². The number of aliphatic carboxylic acids is 1. The van der Waals surface area contributed by atoms with Crippen molar-refractivity contribution in [3.05, 3.63) is 0 Å². The Morgan fingerprint density at radius 1 is 1.53 bits per heavy atom. The minimum atomic E-state index is -0.709. The van der Waals surface area contributed by atoms with Gasteiger partial charge in [0, 0.05) is 26.6 Å². The number of amides is 1. The number of nitrogens with one attached hydrogen (secondary N) is 1. The first kappa shape index (κ1) is 12.0. The molecule has 0 spiro atoms. The Bertz CT molecular complexity index is 243. The standard InChI is InChI=1S/C10H18N2O3/c1-8(13)11-4-6-12-5-2-3-9(7-12)10(14)15/h9H,2-7H2,1H3,(H,11,13)(H,14,15). The van der Waals surface area contributed by atoms with Gasteiger partial charge in [-0.3, -0.25) is 9.59 Å². The maximum atomic E-state index is 10.8. The minimum Gasteiger partial charge on any atom is -0.481 e. The van der Waals surface area contributed by atoms with Crippen LogP contribution < -0.4 is 5.32 Å². The van der Waals surface area contributed by atoms with Gasteiger partial charge in [0.2, 0.25) is 5.91 Å². The van der Waals surface area contributed by atoms with Gasteiger partial charge in [-0.15, -0.1) is 0 Å². The highest BCUT2D eigenvalue weighted by atomic mass is 16.4. The van der Waals surface area contributed by atoms with E-state index in [1.807, 2.05) is 0 Å². The van der Waals surface area contributed by atoms with Crippen molar-refractivity contribution in [3.63, 3.8) is 0 Å². The van der Waals surface area contributed by atoms with Crippen LogP contribution >= 0.6 is 0 Å². The quantitative estimate of drug-likeness (QED) is 0.686. The molecule has 1 aliphatic rings. The molecule has 15 heavy (non-hydrogen) atoms. The molecule has 1 aliphatic heterocycles. The topological polar surface area (TPSA) is 69.6 Å². The van der Waals surface area contributed by atoms with Crippen LogP contribution in [0.2, 0.25) is 0 Å². The lowest BCUT2D eigenvalue weighted by Crippen LogP contribution is -2.42. The molecular formula is C10H18N2O3. The molecule has 0 aromatic carbocycles. The molecule has 0 aliphatic carbocycles. The van der Waals surface area contributed by atoms with E-state index in [-0.39, 0.29) is 11.8 Å². The maximum absolute atomic E-state index is 10.8. The van der Waals surface area contributed by atoms with Gasteiger partial charge in [-0.25, -0.2) is 0 Å². The van der Waals surface area contributed by atoms with Crippen LogP contribution in [0.15, 0.2) is 0 Å². The van der Waals surface area contributed by atoms with Crippen LogP contribution in [0, 0.1) is 5.92 Å².